The van der Waals surface area contributed by atoms with Crippen molar-refractivity contribution in [3.63, 3.8) is 0 Å². The van der Waals surface area contributed by atoms with Crippen molar-refractivity contribution in [1.29, 1.82) is 0 Å². The Kier molecular flexibility index (Phi) is 6.03. The summed E-state index contributed by atoms with van der Waals surface area (Å²) in [6.07, 6.45) is 7.73. The van der Waals surface area contributed by atoms with E-state index in [0.29, 0.717) is 6.54 Å². The Morgan fingerprint density at radius 3 is 2.42 bits per heavy atom. The molecule has 72 valence electrons. The van der Waals surface area contributed by atoms with Gasteiger partial charge in [-0.1, -0.05) is 26.0 Å². The average molecular weight is 171 g/mol. The molecule has 3 N–H and O–H groups in total. The quantitative estimate of drug-likeness (QED) is 0.599. The molecule has 0 rings (SSSR count). The minimum atomic E-state index is -0.641. The van der Waals surface area contributed by atoms with E-state index in [1.165, 1.54) is 0 Å². The molecule has 0 aromatic heterocycles. The fourth-order valence-electron chi connectivity index (χ4n) is 1.06. The highest BCUT2D eigenvalue weighted by molar-refractivity contribution is 4.86. The number of rotatable bonds is 6. The summed E-state index contributed by atoms with van der Waals surface area (Å²) in [4.78, 5) is 0. The lowest BCUT2D eigenvalue weighted by Gasteiger charge is -2.23. The molecule has 0 spiro atoms. The Hall–Kier alpha value is -0.340. The molecule has 0 fully saturated rings. The molecule has 0 saturated heterocycles. The molecule has 2 heteroatoms. The van der Waals surface area contributed by atoms with Crippen LogP contribution in [0.2, 0.25) is 0 Å². The van der Waals surface area contributed by atoms with Crippen LogP contribution in [0, 0.1) is 0 Å². The smallest absolute Gasteiger partial charge is 0.0769 e. The molecule has 0 aromatic carbocycles. The van der Waals surface area contributed by atoms with E-state index in [2.05, 4.69) is 19.1 Å². The van der Waals surface area contributed by atoms with Crippen LogP contribution in [0.4, 0.5) is 0 Å². The van der Waals surface area contributed by atoms with Crippen LogP contribution in [-0.4, -0.2) is 17.3 Å². The van der Waals surface area contributed by atoms with Crippen LogP contribution >= 0.6 is 0 Å². The minimum absolute atomic E-state index is 0.365. The molecule has 2 nitrogen and oxygen atoms in total. The van der Waals surface area contributed by atoms with E-state index in [-0.39, 0.29) is 0 Å². The second-order valence-electron chi connectivity index (χ2n) is 3.20. The van der Waals surface area contributed by atoms with Crippen LogP contribution in [-0.2, 0) is 0 Å². The van der Waals surface area contributed by atoms with Gasteiger partial charge >= 0.3 is 0 Å². The number of aliphatic hydroxyl groups is 1. The van der Waals surface area contributed by atoms with Crippen molar-refractivity contribution < 1.29 is 5.11 Å². The third kappa shape index (κ3) is 4.52. The number of nitrogens with two attached hydrogens (primary N) is 1. The van der Waals surface area contributed by atoms with Crippen molar-refractivity contribution in [2.24, 2.45) is 5.73 Å². The summed E-state index contributed by atoms with van der Waals surface area (Å²) < 4.78 is 0. The van der Waals surface area contributed by atoms with Crippen molar-refractivity contribution in [1.82, 2.24) is 0 Å². The fraction of sp³-hybridized carbons (Fsp3) is 0.800. The molecular formula is C10H21NO. The summed E-state index contributed by atoms with van der Waals surface area (Å²) >= 11 is 0. The van der Waals surface area contributed by atoms with E-state index < -0.39 is 5.60 Å². The van der Waals surface area contributed by atoms with Gasteiger partial charge in [0, 0.05) is 6.54 Å². The molecule has 12 heavy (non-hydrogen) atoms. The molecule has 0 heterocycles. The molecule has 0 aliphatic heterocycles. The first-order valence-electron chi connectivity index (χ1n) is 4.76. The van der Waals surface area contributed by atoms with E-state index in [4.69, 9.17) is 5.73 Å². The van der Waals surface area contributed by atoms with Gasteiger partial charge in [0.2, 0.25) is 0 Å². The third-order valence-electron chi connectivity index (χ3n) is 2.22. The van der Waals surface area contributed by atoms with Gasteiger partial charge in [0.05, 0.1) is 5.60 Å². The maximum Gasteiger partial charge on any atom is 0.0769 e. The van der Waals surface area contributed by atoms with Crippen molar-refractivity contribution in [3.05, 3.63) is 12.2 Å². The number of hydrogen-bond donors (Lipinski definition) is 2. The zero-order valence-electron chi connectivity index (χ0n) is 8.21. The Bertz CT molecular complexity index is 128. The molecule has 1 unspecified atom stereocenters. The van der Waals surface area contributed by atoms with Crippen LogP contribution in [0.25, 0.3) is 0 Å². The summed E-state index contributed by atoms with van der Waals surface area (Å²) in [5.41, 5.74) is 4.82. The molecular weight excluding hydrogens is 150 g/mol. The molecule has 0 aliphatic carbocycles. The van der Waals surface area contributed by atoms with Gasteiger partial charge < -0.3 is 10.8 Å². The topological polar surface area (TPSA) is 46.2 Å². The van der Waals surface area contributed by atoms with Gasteiger partial charge in [-0.3, -0.25) is 0 Å². The minimum Gasteiger partial charge on any atom is -0.389 e. The molecule has 0 saturated carbocycles. The van der Waals surface area contributed by atoms with Crippen LogP contribution in [0.5, 0.6) is 0 Å². The Balaban J connectivity index is 3.65. The lowest BCUT2D eigenvalue weighted by molar-refractivity contribution is 0.0374. The molecule has 0 aliphatic rings. The first-order valence-corrected chi connectivity index (χ1v) is 4.76. The van der Waals surface area contributed by atoms with Crippen molar-refractivity contribution in [3.8, 4) is 0 Å². The Labute approximate surface area is 75.5 Å². The summed E-state index contributed by atoms with van der Waals surface area (Å²) in [6, 6.07) is 0. The predicted molar refractivity (Wildman–Crippen MR) is 53.0 cm³/mol. The highest BCUT2D eigenvalue weighted by atomic mass is 16.3. The lowest BCUT2D eigenvalue weighted by Crippen LogP contribution is -2.36. The van der Waals surface area contributed by atoms with Crippen molar-refractivity contribution in [2.75, 3.05) is 6.54 Å². The zero-order valence-corrected chi connectivity index (χ0v) is 8.21. The normalized spacial score (nSPS) is 16.7. The van der Waals surface area contributed by atoms with Crippen molar-refractivity contribution in [2.45, 2.75) is 45.1 Å². The lowest BCUT2D eigenvalue weighted by atomic mass is 9.95. The second kappa shape index (κ2) is 6.21. The van der Waals surface area contributed by atoms with E-state index in [9.17, 15) is 5.11 Å². The first-order chi connectivity index (χ1) is 5.68. The van der Waals surface area contributed by atoms with E-state index in [0.717, 1.165) is 25.7 Å². The molecule has 0 bridgehead atoms. The standard InChI is InChI=1S/C10H21NO/c1-3-5-6-7-8-10(12,4-2)9-11/h5-6,12H,3-4,7-9,11H2,1-2H3/b6-5+. The second-order valence-corrected chi connectivity index (χ2v) is 3.20. The van der Waals surface area contributed by atoms with E-state index in [1.807, 2.05) is 6.92 Å². The molecule has 0 radical (unpaired) electrons. The zero-order chi connectivity index (χ0) is 9.45. The Morgan fingerprint density at radius 2 is 2.00 bits per heavy atom. The Morgan fingerprint density at radius 1 is 1.33 bits per heavy atom. The average Bonchev–Trinajstić information content (AvgIpc) is 2.12. The number of allylic oxidation sites excluding steroid dienone is 2. The molecule has 1 atom stereocenters. The maximum absolute atomic E-state index is 9.77. The monoisotopic (exact) mass is 171 g/mol. The van der Waals surface area contributed by atoms with Gasteiger partial charge in [0.15, 0.2) is 0 Å². The summed E-state index contributed by atoms with van der Waals surface area (Å²) in [6.45, 7) is 4.44. The summed E-state index contributed by atoms with van der Waals surface area (Å²) in [5, 5.41) is 9.77. The first kappa shape index (κ1) is 11.7. The fourth-order valence-corrected chi connectivity index (χ4v) is 1.06. The summed E-state index contributed by atoms with van der Waals surface area (Å²) in [5.74, 6) is 0. The summed E-state index contributed by atoms with van der Waals surface area (Å²) in [7, 11) is 0. The van der Waals surface area contributed by atoms with Crippen molar-refractivity contribution >= 4 is 0 Å². The molecule has 0 amide bonds. The highest BCUT2D eigenvalue weighted by Gasteiger charge is 2.20. The van der Waals surface area contributed by atoms with Gasteiger partial charge in [-0.05, 0) is 25.7 Å². The SMILES string of the molecule is CC/C=C/CCC(O)(CC)CN. The largest absolute Gasteiger partial charge is 0.389 e. The van der Waals surface area contributed by atoms with Crippen LogP contribution in [0.3, 0.4) is 0 Å². The van der Waals surface area contributed by atoms with Gasteiger partial charge in [-0.15, -0.1) is 0 Å². The van der Waals surface area contributed by atoms with E-state index >= 15 is 0 Å². The highest BCUT2D eigenvalue weighted by Crippen LogP contribution is 2.15. The maximum atomic E-state index is 9.77. The van der Waals surface area contributed by atoms with Gasteiger partial charge in [-0.2, -0.15) is 0 Å². The van der Waals surface area contributed by atoms with Gasteiger partial charge in [-0.25, -0.2) is 0 Å². The van der Waals surface area contributed by atoms with Crippen LogP contribution in [0.1, 0.15) is 39.5 Å². The van der Waals surface area contributed by atoms with E-state index in [1.54, 1.807) is 0 Å². The number of hydrogen-bond acceptors (Lipinski definition) is 2. The third-order valence-corrected chi connectivity index (χ3v) is 2.22. The molecule has 0 aromatic rings. The van der Waals surface area contributed by atoms with Crippen LogP contribution < -0.4 is 5.73 Å². The van der Waals surface area contributed by atoms with Gasteiger partial charge in [0.1, 0.15) is 0 Å². The van der Waals surface area contributed by atoms with Crippen LogP contribution in [0.15, 0.2) is 12.2 Å². The predicted octanol–water partition coefficient (Wildman–Crippen LogP) is 1.83. The van der Waals surface area contributed by atoms with Gasteiger partial charge in [0.25, 0.3) is 0 Å².